The van der Waals surface area contributed by atoms with Crippen LogP contribution in [-0.4, -0.2) is 43.5 Å². The molecule has 2 amide bonds. The van der Waals surface area contributed by atoms with E-state index in [0.717, 1.165) is 0 Å². The summed E-state index contributed by atoms with van der Waals surface area (Å²) in [6.45, 7) is 1.66. The third kappa shape index (κ3) is 5.92. The number of carbonyl (C=O) groups excluding carboxylic acids is 2. The lowest BCUT2D eigenvalue weighted by Crippen LogP contribution is -2.40. The molecule has 0 saturated heterocycles. The number of hydrogen-bond donors (Lipinski definition) is 1. The number of ether oxygens (including phenoxy) is 2. The Labute approximate surface area is 178 Å². The fourth-order valence-corrected chi connectivity index (χ4v) is 2.92. The Balaban J connectivity index is 1.96. The van der Waals surface area contributed by atoms with Crippen LogP contribution in [0.3, 0.4) is 0 Å². The van der Waals surface area contributed by atoms with E-state index in [0.29, 0.717) is 18.0 Å². The maximum atomic E-state index is 12.4. The van der Waals surface area contributed by atoms with Gasteiger partial charge in [0.15, 0.2) is 6.61 Å². The van der Waals surface area contributed by atoms with E-state index in [2.05, 4.69) is 5.32 Å². The molecule has 0 spiro atoms. The molecule has 0 unspecified atom stereocenters. The summed E-state index contributed by atoms with van der Waals surface area (Å²) in [5, 5.41) is 3.51. The standard InChI is InChI=1S/C19H19Cl3N2O4/c1-3-24(10-18(25)23-15-6-4-5-7-16(15)27-2)19(26)11-28-17-9-13(21)12(20)8-14(17)22/h4-9H,3,10-11H2,1-2H3,(H,23,25). The first-order valence-electron chi connectivity index (χ1n) is 8.33. The number of halogens is 3. The van der Waals surface area contributed by atoms with Crippen LogP contribution in [0.2, 0.25) is 15.1 Å². The van der Waals surface area contributed by atoms with Crippen molar-refractivity contribution in [3.05, 3.63) is 51.5 Å². The number of nitrogens with one attached hydrogen (secondary N) is 1. The highest BCUT2D eigenvalue weighted by Gasteiger charge is 2.18. The average molecular weight is 446 g/mol. The van der Waals surface area contributed by atoms with E-state index in [4.69, 9.17) is 44.3 Å². The lowest BCUT2D eigenvalue weighted by atomic mass is 10.3. The van der Waals surface area contributed by atoms with Crippen molar-refractivity contribution in [3.63, 3.8) is 0 Å². The van der Waals surface area contributed by atoms with E-state index in [9.17, 15) is 9.59 Å². The van der Waals surface area contributed by atoms with Gasteiger partial charge < -0.3 is 19.7 Å². The number of para-hydroxylation sites is 2. The molecule has 2 aromatic carbocycles. The number of likely N-dealkylation sites (N-methyl/N-ethyl adjacent to an activating group) is 1. The Morgan fingerprint density at radius 2 is 1.71 bits per heavy atom. The van der Waals surface area contributed by atoms with Crippen molar-refractivity contribution in [2.24, 2.45) is 0 Å². The van der Waals surface area contributed by atoms with Crippen molar-refractivity contribution in [3.8, 4) is 11.5 Å². The van der Waals surface area contributed by atoms with Crippen LogP contribution in [0.1, 0.15) is 6.92 Å². The number of hydrogen-bond acceptors (Lipinski definition) is 4. The van der Waals surface area contributed by atoms with E-state index < -0.39 is 0 Å². The second-order valence-corrected chi connectivity index (χ2v) is 6.86. The van der Waals surface area contributed by atoms with Crippen LogP contribution < -0.4 is 14.8 Å². The van der Waals surface area contributed by atoms with Crippen molar-refractivity contribution >= 4 is 52.3 Å². The lowest BCUT2D eigenvalue weighted by molar-refractivity contribution is -0.136. The highest BCUT2D eigenvalue weighted by molar-refractivity contribution is 6.43. The molecular weight excluding hydrogens is 427 g/mol. The number of amides is 2. The van der Waals surface area contributed by atoms with Gasteiger partial charge in [-0.3, -0.25) is 9.59 Å². The molecule has 0 bridgehead atoms. The zero-order chi connectivity index (χ0) is 20.7. The zero-order valence-corrected chi connectivity index (χ0v) is 17.6. The van der Waals surface area contributed by atoms with Crippen LogP contribution in [0.5, 0.6) is 11.5 Å². The van der Waals surface area contributed by atoms with Gasteiger partial charge in [0, 0.05) is 12.6 Å². The molecule has 0 saturated carbocycles. The Kier molecular flexibility index (Phi) is 8.23. The predicted molar refractivity (Wildman–Crippen MR) is 111 cm³/mol. The molecule has 0 heterocycles. The number of nitrogens with zero attached hydrogens (tertiary/aromatic N) is 1. The maximum absolute atomic E-state index is 12.4. The predicted octanol–water partition coefficient (Wildman–Crippen LogP) is 4.52. The molecule has 2 rings (SSSR count). The summed E-state index contributed by atoms with van der Waals surface area (Å²) >= 11 is 17.8. The van der Waals surface area contributed by atoms with E-state index in [-0.39, 0.29) is 45.8 Å². The van der Waals surface area contributed by atoms with Crippen LogP contribution in [0.25, 0.3) is 0 Å². The van der Waals surface area contributed by atoms with Gasteiger partial charge in [-0.05, 0) is 25.1 Å². The zero-order valence-electron chi connectivity index (χ0n) is 15.3. The van der Waals surface area contributed by atoms with Gasteiger partial charge in [-0.2, -0.15) is 0 Å². The van der Waals surface area contributed by atoms with Gasteiger partial charge in [0.2, 0.25) is 5.91 Å². The SMILES string of the molecule is CCN(CC(=O)Nc1ccccc1OC)C(=O)COc1cc(Cl)c(Cl)cc1Cl. The van der Waals surface area contributed by atoms with Crippen molar-refractivity contribution < 1.29 is 19.1 Å². The van der Waals surface area contributed by atoms with Crippen LogP contribution >= 0.6 is 34.8 Å². The molecule has 0 aromatic heterocycles. The molecule has 9 heteroatoms. The second-order valence-electron chi connectivity index (χ2n) is 5.64. The van der Waals surface area contributed by atoms with E-state index >= 15 is 0 Å². The maximum Gasteiger partial charge on any atom is 0.260 e. The molecule has 0 radical (unpaired) electrons. The monoisotopic (exact) mass is 444 g/mol. The minimum atomic E-state index is -0.375. The summed E-state index contributed by atoms with van der Waals surface area (Å²) < 4.78 is 10.6. The number of rotatable bonds is 8. The first-order valence-corrected chi connectivity index (χ1v) is 9.47. The summed E-state index contributed by atoms with van der Waals surface area (Å²) in [5.41, 5.74) is 0.525. The van der Waals surface area contributed by atoms with Gasteiger partial charge in [-0.1, -0.05) is 46.9 Å². The minimum Gasteiger partial charge on any atom is -0.495 e. The van der Waals surface area contributed by atoms with Gasteiger partial charge >= 0.3 is 0 Å². The Hall–Kier alpha value is -2.15. The molecule has 0 fully saturated rings. The third-order valence-electron chi connectivity index (χ3n) is 3.78. The van der Waals surface area contributed by atoms with Crippen LogP contribution in [0.4, 0.5) is 5.69 Å². The van der Waals surface area contributed by atoms with E-state index in [1.54, 1.807) is 31.2 Å². The lowest BCUT2D eigenvalue weighted by Gasteiger charge is -2.21. The molecule has 6 nitrogen and oxygen atoms in total. The van der Waals surface area contributed by atoms with Crippen LogP contribution in [0.15, 0.2) is 36.4 Å². The molecule has 150 valence electrons. The highest BCUT2D eigenvalue weighted by atomic mass is 35.5. The fraction of sp³-hybridized carbons (Fsp3) is 0.263. The van der Waals surface area contributed by atoms with E-state index in [1.165, 1.54) is 24.1 Å². The van der Waals surface area contributed by atoms with Gasteiger partial charge in [-0.25, -0.2) is 0 Å². The molecule has 0 atom stereocenters. The van der Waals surface area contributed by atoms with Crippen molar-refractivity contribution in [2.75, 3.05) is 32.1 Å². The number of anilines is 1. The largest absolute Gasteiger partial charge is 0.495 e. The molecule has 1 N–H and O–H groups in total. The number of carbonyl (C=O) groups is 2. The first-order chi connectivity index (χ1) is 13.3. The van der Waals surface area contributed by atoms with Gasteiger partial charge in [0.1, 0.15) is 11.5 Å². The molecule has 0 aliphatic rings. The topological polar surface area (TPSA) is 67.9 Å². The summed E-state index contributed by atoms with van der Waals surface area (Å²) in [5.74, 6) is 0.0360. The van der Waals surface area contributed by atoms with E-state index in [1.807, 2.05) is 0 Å². The van der Waals surface area contributed by atoms with Crippen molar-refractivity contribution in [1.29, 1.82) is 0 Å². The van der Waals surface area contributed by atoms with Crippen LogP contribution in [0, 0.1) is 0 Å². The number of methoxy groups -OCH3 is 1. The molecule has 0 aliphatic carbocycles. The normalized spacial score (nSPS) is 10.3. The Bertz CT molecular complexity index is 861. The molecule has 0 aliphatic heterocycles. The quantitative estimate of drug-likeness (QED) is 0.607. The summed E-state index contributed by atoms with van der Waals surface area (Å²) in [6, 6.07) is 9.88. The summed E-state index contributed by atoms with van der Waals surface area (Å²) in [4.78, 5) is 26.1. The molecule has 28 heavy (non-hydrogen) atoms. The van der Waals surface area contributed by atoms with Gasteiger partial charge in [0.05, 0.1) is 34.4 Å². The Morgan fingerprint density at radius 3 is 2.39 bits per heavy atom. The first kappa shape index (κ1) is 22.1. The molecular formula is C19H19Cl3N2O4. The van der Waals surface area contributed by atoms with Gasteiger partial charge in [0.25, 0.3) is 5.91 Å². The Morgan fingerprint density at radius 1 is 1.04 bits per heavy atom. The average Bonchev–Trinajstić information content (AvgIpc) is 2.68. The smallest absolute Gasteiger partial charge is 0.260 e. The van der Waals surface area contributed by atoms with Gasteiger partial charge in [-0.15, -0.1) is 0 Å². The minimum absolute atomic E-state index is 0.133. The highest BCUT2D eigenvalue weighted by Crippen LogP contribution is 2.33. The number of benzene rings is 2. The van der Waals surface area contributed by atoms with Crippen molar-refractivity contribution in [1.82, 2.24) is 4.90 Å². The third-order valence-corrected chi connectivity index (χ3v) is 4.79. The second kappa shape index (κ2) is 10.4. The summed E-state index contributed by atoms with van der Waals surface area (Å²) in [6.07, 6.45) is 0. The van der Waals surface area contributed by atoms with Crippen molar-refractivity contribution in [2.45, 2.75) is 6.92 Å². The fourth-order valence-electron chi connectivity index (χ4n) is 2.33. The molecule has 2 aromatic rings. The summed E-state index contributed by atoms with van der Waals surface area (Å²) in [7, 11) is 1.51. The van der Waals surface area contributed by atoms with Crippen LogP contribution in [-0.2, 0) is 9.59 Å².